The van der Waals surface area contributed by atoms with Crippen molar-refractivity contribution in [3.8, 4) is 0 Å². The zero-order valence-corrected chi connectivity index (χ0v) is 14.3. The van der Waals surface area contributed by atoms with Gasteiger partial charge in [0.25, 0.3) is 0 Å². The number of nitrogens with zero attached hydrogens (tertiary/aromatic N) is 1. The van der Waals surface area contributed by atoms with E-state index in [1.54, 1.807) is 22.7 Å². The number of fused-ring (bicyclic) bond motifs is 2. The van der Waals surface area contributed by atoms with Crippen LogP contribution in [-0.4, -0.2) is 18.8 Å². The van der Waals surface area contributed by atoms with Gasteiger partial charge in [-0.15, -0.1) is 0 Å². The molecule has 1 unspecified atom stereocenters. The number of benzene rings is 1. The SMILES string of the molecule is O=[Se](Cc1c2sccc2nc2ccsc12)c1ccccc1. The van der Waals surface area contributed by atoms with Gasteiger partial charge in [0.2, 0.25) is 0 Å². The second kappa shape index (κ2) is 5.43. The molecular formula is C16H11NOS2Se. The van der Waals surface area contributed by atoms with Gasteiger partial charge in [-0.05, 0) is 0 Å². The zero-order valence-electron chi connectivity index (χ0n) is 11.0. The molecule has 5 heteroatoms. The Labute approximate surface area is 134 Å². The van der Waals surface area contributed by atoms with Crippen LogP contribution in [0.15, 0.2) is 53.2 Å². The Hall–Kier alpha value is -1.39. The van der Waals surface area contributed by atoms with E-state index in [4.69, 9.17) is 0 Å². The average molecular weight is 376 g/mol. The van der Waals surface area contributed by atoms with Gasteiger partial charge >= 0.3 is 134 Å². The van der Waals surface area contributed by atoms with Crippen LogP contribution in [-0.2, 0) is 9.15 Å². The van der Waals surface area contributed by atoms with Crippen molar-refractivity contribution >= 4 is 61.4 Å². The summed E-state index contributed by atoms with van der Waals surface area (Å²) in [4.78, 5) is 4.67. The molecule has 2 nitrogen and oxygen atoms in total. The fourth-order valence-electron chi connectivity index (χ4n) is 2.38. The molecular weight excluding hydrogens is 365 g/mol. The van der Waals surface area contributed by atoms with Crippen LogP contribution in [0, 0.1) is 0 Å². The van der Waals surface area contributed by atoms with Crippen LogP contribution in [0.2, 0.25) is 0 Å². The van der Waals surface area contributed by atoms with Gasteiger partial charge in [-0.1, -0.05) is 0 Å². The maximum atomic E-state index is 12.7. The molecule has 0 fully saturated rings. The van der Waals surface area contributed by atoms with Gasteiger partial charge in [0.1, 0.15) is 0 Å². The van der Waals surface area contributed by atoms with E-state index in [-0.39, 0.29) is 0 Å². The molecule has 0 aliphatic carbocycles. The molecule has 104 valence electrons. The predicted octanol–water partition coefficient (Wildman–Crippen LogP) is 3.92. The van der Waals surface area contributed by atoms with Crippen molar-refractivity contribution in [2.24, 2.45) is 0 Å². The third-order valence-corrected chi connectivity index (χ3v) is 8.12. The molecule has 0 aliphatic rings. The van der Waals surface area contributed by atoms with Gasteiger partial charge in [0, 0.05) is 0 Å². The first-order valence-corrected chi connectivity index (χ1v) is 11.0. The Morgan fingerprint density at radius 1 is 0.905 bits per heavy atom. The molecule has 1 atom stereocenters. The van der Waals surface area contributed by atoms with Gasteiger partial charge in [-0.3, -0.25) is 0 Å². The molecule has 0 radical (unpaired) electrons. The van der Waals surface area contributed by atoms with E-state index >= 15 is 0 Å². The fraction of sp³-hybridized carbons (Fsp3) is 0.0625. The van der Waals surface area contributed by atoms with Crippen molar-refractivity contribution in [1.82, 2.24) is 4.98 Å². The van der Waals surface area contributed by atoms with Gasteiger partial charge < -0.3 is 0 Å². The summed E-state index contributed by atoms with van der Waals surface area (Å²) in [5.41, 5.74) is 3.25. The maximum absolute atomic E-state index is 12.7. The summed E-state index contributed by atoms with van der Waals surface area (Å²) in [5.74, 6) is 0. The molecule has 0 bridgehead atoms. The van der Waals surface area contributed by atoms with Gasteiger partial charge in [0.05, 0.1) is 0 Å². The van der Waals surface area contributed by atoms with Crippen LogP contribution in [0.25, 0.3) is 20.4 Å². The zero-order chi connectivity index (χ0) is 14.2. The molecule has 3 aromatic heterocycles. The van der Waals surface area contributed by atoms with Crippen molar-refractivity contribution in [2.45, 2.75) is 5.32 Å². The second-order valence-electron chi connectivity index (χ2n) is 4.66. The third-order valence-electron chi connectivity index (χ3n) is 3.36. The summed E-state index contributed by atoms with van der Waals surface area (Å²) in [7, 11) is 0. The quantitative estimate of drug-likeness (QED) is 0.508. The molecule has 4 rings (SSSR count). The van der Waals surface area contributed by atoms with E-state index in [0.29, 0.717) is 5.32 Å². The summed E-state index contributed by atoms with van der Waals surface area (Å²) >= 11 is 1.32. The van der Waals surface area contributed by atoms with E-state index in [1.165, 1.54) is 15.0 Å². The Morgan fingerprint density at radius 2 is 1.52 bits per heavy atom. The standard InChI is InChI=1S/C16H11NOS2Se/c18-21(11-4-2-1-3-5-11)10-12-15-13(6-8-19-15)17-14-7-9-20-16(12)14/h1-9H,10H2. The topological polar surface area (TPSA) is 30.0 Å². The molecule has 3 heterocycles. The van der Waals surface area contributed by atoms with E-state index in [0.717, 1.165) is 15.5 Å². The molecule has 0 saturated carbocycles. The van der Waals surface area contributed by atoms with Crippen molar-refractivity contribution in [1.29, 1.82) is 0 Å². The van der Waals surface area contributed by atoms with Crippen molar-refractivity contribution in [3.05, 3.63) is 58.8 Å². The Bertz CT molecular complexity index is 894. The first-order valence-electron chi connectivity index (χ1n) is 6.49. The van der Waals surface area contributed by atoms with Crippen molar-refractivity contribution in [3.63, 3.8) is 0 Å². The van der Waals surface area contributed by atoms with Crippen LogP contribution in [0.5, 0.6) is 0 Å². The number of thiophene rings is 2. The Morgan fingerprint density at radius 3 is 2.14 bits per heavy atom. The fourth-order valence-corrected chi connectivity index (χ4v) is 7.10. The number of hydrogen-bond donors (Lipinski definition) is 0. The normalized spacial score (nSPS) is 13.0. The minimum atomic E-state index is -2.07. The van der Waals surface area contributed by atoms with Gasteiger partial charge in [0.15, 0.2) is 0 Å². The van der Waals surface area contributed by atoms with Crippen LogP contribution >= 0.6 is 22.7 Å². The monoisotopic (exact) mass is 377 g/mol. The third kappa shape index (κ3) is 2.36. The molecule has 1 aromatic carbocycles. The van der Waals surface area contributed by atoms with Crippen molar-refractivity contribution < 1.29 is 3.83 Å². The van der Waals surface area contributed by atoms with Crippen LogP contribution in [0.3, 0.4) is 0 Å². The second-order valence-corrected chi connectivity index (χ2v) is 9.54. The van der Waals surface area contributed by atoms with E-state index in [1.807, 2.05) is 42.5 Å². The first-order chi connectivity index (χ1) is 10.3. The van der Waals surface area contributed by atoms with Gasteiger partial charge in [-0.2, -0.15) is 0 Å². The van der Waals surface area contributed by atoms with Crippen molar-refractivity contribution in [2.75, 3.05) is 0 Å². The average Bonchev–Trinajstić information content (AvgIpc) is 3.16. The number of hydrogen-bond acceptors (Lipinski definition) is 4. The predicted molar refractivity (Wildman–Crippen MR) is 91.2 cm³/mol. The summed E-state index contributed by atoms with van der Waals surface area (Å²) in [6.07, 6.45) is 0. The molecule has 0 aliphatic heterocycles. The molecule has 0 N–H and O–H groups in total. The van der Waals surface area contributed by atoms with E-state index in [2.05, 4.69) is 15.7 Å². The first kappa shape index (κ1) is 13.3. The molecule has 0 saturated heterocycles. The molecule has 0 spiro atoms. The molecule has 21 heavy (non-hydrogen) atoms. The number of aromatic nitrogens is 1. The van der Waals surface area contributed by atoms with Crippen LogP contribution < -0.4 is 4.46 Å². The number of rotatable bonds is 3. The Balaban J connectivity index is 1.86. The van der Waals surface area contributed by atoms with Crippen LogP contribution in [0.4, 0.5) is 0 Å². The van der Waals surface area contributed by atoms with E-state index < -0.39 is 13.8 Å². The summed E-state index contributed by atoms with van der Waals surface area (Å²) in [5, 5.41) is 4.76. The van der Waals surface area contributed by atoms with Crippen LogP contribution in [0.1, 0.15) is 5.56 Å². The summed E-state index contributed by atoms with van der Waals surface area (Å²) in [6.45, 7) is 0. The van der Waals surface area contributed by atoms with E-state index in [9.17, 15) is 3.83 Å². The number of pyridine rings is 1. The molecule has 0 amide bonds. The summed E-state index contributed by atoms with van der Waals surface area (Å²) < 4.78 is 16.1. The molecule has 4 aromatic rings. The minimum absolute atomic E-state index is 0.639. The Kier molecular flexibility index (Phi) is 3.43. The van der Waals surface area contributed by atoms with Gasteiger partial charge in [-0.25, -0.2) is 0 Å². The summed E-state index contributed by atoms with van der Waals surface area (Å²) in [6, 6.07) is 13.9.